The third-order valence-corrected chi connectivity index (χ3v) is 7.14. The number of ether oxygens (including phenoxy) is 2. The van der Waals surface area contributed by atoms with E-state index in [4.69, 9.17) is 21.1 Å². The van der Waals surface area contributed by atoms with Crippen LogP contribution in [0.2, 0.25) is 5.02 Å². The number of nitrogens with one attached hydrogen (secondary N) is 2. The van der Waals surface area contributed by atoms with Crippen molar-refractivity contribution in [3.8, 4) is 11.5 Å². The summed E-state index contributed by atoms with van der Waals surface area (Å²) in [6.45, 7) is 2.46. The maximum absolute atomic E-state index is 12.7. The molecule has 0 unspecified atom stereocenters. The molecule has 0 aliphatic heterocycles. The first-order valence-electron chi connectivity index (χ1n) is 12.3. The molecule has 10 heteroatoms. The first-order valence-corrected chi connectivity index (χ1v) is 13.5. The van der Waals surface area contributed by atoms with Crippen molar-refractivity contribution in [3.05, 3.63) is 93.8 Å². The Kier molecular flexibility index (Phi) is 9.66. The van der Waals surface area contributed by atoms with Crippen LogP contribution in [0.25, 0.3) is 10.1 Å². The van der Waals surface area contributed by atoms with Crippen LogP contribution in [0.4, 0.5) is 0 Å². The smallest absolute Gasteiger partial charge is 0.355 e. The maximum Gasteiger partial charge on any atom is 0.355 e. The highest BCUT2D eigenvalue weighted by atomic mass is 35.5. The SMILES string of the molecule is CCCCOc1ccc(C(=O)NCC(=O)N/N=C\c2cccc(OC(=O)c3sc4ccccc4c3Cl)c2)cc1. The summed E-state index contributed by atoms with van der Waals surface area (Å²) in [5.41, 5.74) is 3.36. The molecule has 0 saturated heterocycles. The summed E-state index contributed by atoms with van der Waals surface area (Å²) in [7, 11) is 0. The Bertz CT molecular complexity index is 1500. The van der Waals surface area contributed by atoms with Gasteiger partial charge in [-0.2, -0.15) is 5.10 Å². The summed E-state index contributed by atoms with van der Waals surface area (Å²) in [5.74, 6) is -0.450. The second kappa shape index (κ2) is 13.5. The molecule has 8 nitrogen and oxygen atoms in total. The number of unbranched alkanes of at least 4 members (excludes halogenated alkanes) is 1. The fourth-order valence-electron chi connectivity index (χ4n) is 3.47. The Morgan fingerprint density at radius 1 is 1.00 bits per heavy atom. The second-order valence-electron chi connectivity index (χ2n) is 8.41. The molecular formula is C29H26ClN3O5S. The Morgan fingerprint density at radius 2 is 1.79 bits per heavy atom. The molecule has 0 bridgehead atoms. The van der Waals surface area contributed by atoms with Gasteiger partial charge in [0.2, 0.25) is 0 Å². The largest absolute Gasteiger partial charge is 0.494 e. The first-order chi connectivity index (χ1) is 18.9. The predicted octanol–water partition coefficient (Wildman–Crippen LogP) is 5.83. The number of halogens is 1. The predicted molar refractivity (Wildman–Crippen MR) is 153 cm³/mol. The van der Waals surface area contributed by atoms with Gasteiger partial charge in [-0.25, -0.2) is 10.2 Å². The quantitative estimate of drug-likeness (QED) is 0.0784. The molecule has 2 N–H and O–H groups in total. The number of amides is 2. The summed E-state index contributed by atoms with van der Waals surface area (Å²) in [4.78, 5) is 37.4. The van der Waals surface area contributed by atoms with E-state index < -0.39 is 11.9 Å². The number of benzene rings is 3. The zero-order valence-corrected chi connectivity index (χ0v) is 22.7. The van der Waals surface area contributed by atoms with Crippen molar-refractivity contribution in [3.63, 3.8) is 0 Å². The van der Waals surface area contributed by atoms with Crippen LogP contribution in [0.3, 0.4) is 0 Å². The van der Waals surface area contributed by atoms with E-state index in [0.29, 0.717) is 39.1 Å². The van der Waals surface area contributed by atoms with E-state index in [0.717, 1.165) is 22.9 Å². The number of carbonyl (C=O) groups is 3. The minimum absolute atomic E-state index is 0.251. The van der Waals surface area contributed by atoms with Gasteiger partial charge in [0.25, 0.3) is 11.8 Å². The number of carbonyl (C=O) groups excluding carboxylic acids is 3. The average Bonchev–Trinajstić information content (AvgIpc) is 3.29. The molecule has 1 aromatic heterocycles. The standard InChI is InChI=1S/C29H26ClN3O5S/c1-2-3-15-37-21-13-11-20(12-14-21)28(35)31-18-25(34)33-32-17-19-7-6-8-22(16-19)38-29(36)27-26(30)23-9-4-5-10-24(23)39-27/h4-14,16-17H,2-3,15,18H2,1H3,(H,31,35)(H,33,34)/b32-17-. The molecule has 1 heterocycles. The third kappa shape index (κ3) is 7.66. The van der Waals surface area contributed by atoms with E-state index in [1.165, 1.54) is 17.6 Å². The molecular weight excluding hydrogens is 538 g/mol. The van der Waals surface area contributed by atoms with Crippen molar-refractivity contribution in [2.75, 3.05) is 13.2 Å². The van der Waals surface area contributed by atoms with Gasteiger partial charge in [-0.1, -0.05) is 55.3 Å². The number of thiophene rings is 1. The van der Waals surface area contributed by atoms with Crippen molar-refractivity contribution < 1.29 is 23.9 Å². The van der Waals surface area contributed by atoms with Gasteiger partial charge in [-0.3, -0.25) is 9.59 Å². The van der Waals surface area contributed by atoms with Gasteiger partial charge in [0.15, 0.2) is 0 Å². The lowest BCUT2D eigenvalue weighted by molar-refractivity contribution is -0.120. The molecule has 0 aliphatic rings. The molecule has 4 aromatic rings. The van der Waals surface area contributed by atoms with Gasteiger partial charge in [0.05, 0.1) is 24.4 Å². The zero-order chi connectivity index (χ0) is 27.6. The number of hydrogen-bond acceptors (Lipinski definition) is 7. The summed E-state index contributed by atoms with van der Waals surface area (Å²) < 4.78 is 12.0. The fraction of sp³-hybridized carbons (Fsp3) is 0.172. The van der Waals surface area contributed by atoms with E-state index in [1.807, 2.05) is 24.3 Å². The highest BCUT2D eigenvalue weighted by molar-refractivity contribution is 7.21. The topological polar surface area (TPSA) is 106 Å². The van der Waals surface area contributed by atoms with E-state index in [-0.39, 0.29) is 12.5 Å². The van der Waals surface area contributed by atoms with Gasteiger partial charge < -0.3 is 14.8 Å². The molecule has 0 radical (unpaired) electrons. The minimum Gasteiger partial charge on any atom is -0.494 e. The first kappa shape index (κ1) is 27.8. The number of hydrogen-bond donors (Lipinski definition) is 2. The molecule has 0 fully saturated rings. The second-order valence-corrected chi connectivity index (χ2v) is 9.84. The van der Waals surface area contributed by atoms with Crippen LogP contribution in [-0.4, -0.2) is 37.1 Å². The zero-order valence-electron chi connectivity index (χ0n) is 21.1. The molecule has 4 rings (SSSR count). The molecule has 2 amide bonds. The fourth-order valence-corrected chi connectivity index (χ4v) is 4.86. The summed E-state index contributed by atoms with van der Waals surface area (Å²) in [6, 6.07) is 20.9. The summed E-state index contributed by atoms with van der Waals surface area (Å²) in [5, 5.41) is 7.62. The minimum atomic E-state index is -0.557. The van der Waals surface area contributed by atoms with E-state index in [2.05, 4.69) is 22.8 Å². The highest BCUT2D eigenvalue weighted by Gasteiger charge is 2.19. The van der Waals surface area contributed by atoms with Crippen LogP contribution < -0.4 is 20.2 Å². The monoisotopic (exact) mass is 563 g/mol. The number of fused-ring (bicyclic) bond motifs is 1. The molecule has 0 aliphatic carbocycles. The summed E-state index contributed by atoms with van der Waals surface area (Å²) >= 11 is 7.64. The van der Waals surface area contributed by atoms with Crippen LogP contribution in [0.1, 0.15) is 45.4 Å². The third-order valence-electron chi connectivity index (χ3n) is 5.48. The maximum atomic E-state index is 12.7. The van der Waals surface area contributed by atoms with Crippen LogP contribution in [-0.2, 0) is 4.79 Å². The lowest BCUT2D eigenvalue weighted by Crippen LogP contribution is -2.34. The molecule has 0 spiro atoms. The highest BCUT2D eigenvalue weighted by Crippen LogP contribution is 2.35. The van der Waals surface area contributed by atoms with Gasteiger partial charge in [-0.05, 0) is 54.4 Å². The van der Waals surface area contributed by atoms with Crippen molar-refractivity contribution in [1.29, 1.82) is 0 Å². The van der Waals surface area contributed by atoms with E-state index in [1.54, 1.807) is 48.5 Å². The van der Waals surface area contributed by atoms with Gasteiger partial charge in [0.1, 0.15) is 16.4 Å². The number of esters is 1. The normalized spacial score (nSPS) is 10.9. The van der Waals surface area contributed by atoms with Crippen molar-refractivity contribution >= 4 is 57.0 Å². The van der Waals surface area contributed by atoms with Crippen LogP contribution in [0, 0.1) is 0 Å². The Hall–Kier alpha value is -4.21. The van der Waals surface area contributed by atoms with Gasteiger partial charge in [0, 0.05) is 15.6 Å². The average molecular weight is 564 g/mol. The summed E-state index contributed by atoms with van der Waals surface area (Å²) in [6.07, 6.45) is 3.40. The number of hydrazone groups is 1. The number of rotatable bonds is 11. The van der Waals surface area contributed by atoms with E-state index >= 15 is 0 Å². The van der Waals surface area contributed by atoms with E-state index in [9.17, 15) is 14.4 Å². The lowest BCUT2D eigenvalue weighted by atomic mass is 10.2. The Morgan fingerprint density at radius 3 is 2.56 bits per heavy atom. The van der Waals surface area contributed by atoms with Crippen LogP contribution in [0.5, 0.6) is 11.5 Å². The molecule has 0 atom stereocenters. The van der Waals surface area contributed by atoms with Crippen molar-refractivity contribution in [2.45, 2.75) is 19.8 Å². The molecule has 39 heavy (non-hydrogen) atoms. The van der Waals surface area contributed by atoms with Crippen molar-refractivity contribution in [2.24, 2.45) is 5.10 Å². The Balaban J connectivity index is 1.25. The van der Waals surface area contributed by atoms with Crippen molar-refractivity contribution in [1.82, 2.24) is 10.7 Å². The number of nitrogens with zero attached hydrogens (tertiary/aromatic N) is 1. The van der Waals surface area contributed by atoms with Crippen LogP contribution in [0.15, 0.2) is 77.9 Å². The van der Waals surface area contributed by atoms with Crippen LogP contribution >= 0.6 is 22.9 Å². The molecule has 3 aromatic carbocycles. The Labute approximate surface area is 234 Å². The van der Waals surface area contributed by atoms with Gasteiger partial charge >= 0.3 is 5.97 Å². The molecule has 200 valence electrons. The van der Waals surface area contributed by atoms with Gasteiger partial charge in [-0.15, -0.1) is 11.3 Å². The molecule has 0 saturated carbocycles. The lowest BCUT2D eigenvalue weighted by Gasteiger charge is -2.07.